The fraction of sp³-hybridized carbons (Fsp3) is 1.00. The average molecular weight is 218 g/mol. The first-order chi connectivity index (χ1) is 6.64. The Morgan fingerprint density at radius 2 is 1.71 bits per heavy atom. The molecule has 0 aromatic heterocycles. The smallest absolute Gasteiger partial charge is 0.105 e. The predicted octanol–water partition coefficient (Wildman–Crippen LogP) is 2.67. The molecule has 2 N–H and O–H groups in total. The summed E-state index contributed by atoms with van der Waals surface area (Å²) in [5, 5.41) is 0. The van der Waals surface area contributed by atoms with Crippen LogP contribution in [0.2, 0.25) is 0 Å². The first-order valence-electron chi connectivity index (χ1n) is 5.68. The molecule has 3 nitrogen and oxygen atoms in total. The van der Waals surface area contributed by atoms with Crippen molar-refractivity contribution in [2.75, 3.05) is 5.75 Å². The average Bonchev–Trinajstić information content (AvgIpc) is 2.10. The highest BCUT2D eigenvalue weighted by Crippen LogP contribution is 2.17. The summed E-state index contributed by atoms with van der Waals surface area (Å²) in [5.74, 6) is 0.420. The molecule has 14 heavy (non-hydrogen) atoms. The molecule has 1 unspecified atom stereocenters. The predicted molar refractivity (Wildman–Crippen MR) is 60.6 cm³/mol. The van der Waals surface area contributed by atoms with Gasteiger partial charge >= 0.3 is 0 Å². The summed E-state index contributed by atoms with van der Waals surface area (Å²) in [6.07, 6.45) is 8.56. The second-order valence-electron chi connectivity index (χ2n) is 4.12. The molecule has 0 heterocycles. The molecule has 1 saturated carbocycles. The highest BCUT2D eigenvalue weighted by Gasteiger charge is 2.14. The maximum Gasteiger partial charge on any atom is 0.105 e. The third-order valence-corrected chi connectivity index (χ3v) is 4.40. The number of nitrogens with one attached hydrogen (secondary N) is 2. The summed E-state index contributed by atoms with van der Waals surface area (Å²) >= 11 is 0. The van der Waals surface area contributed by atoms with Gasteiger partial charge in [0.25, 0.3) is 0 Å². The van der Waals surface area contributed by atoms with E-state index >= 15 is 0 Å². The first kappa shape index (κ1) is 12.0. The minimum atomic E-state index is -2.50. The van der Waals surface area contributed by atoms with Crippen molar-refractivity contribution in [3.63, 3.8) is 0 Å². The second-order valence-corrected chi connectivity index (χ2v) is 6.29. The third-order valence-electron chi connectivity index (χ3n) is 2.87. The van der Waals surface area contributed by atoms with Gasteiger partial charge in [0.1, 0.15) is 9.92 Å². The second kappa shape index (κ2) is 5.71. The van der Waals surface area contributed by atoms with E-state index in [0.717, 1.165) is 12.8 Å². The Labute approximate surface area is 87.8 Å². The lowest BCUT2D eigenvalue weighted by molar-refractivity contribution is 0.432. The topological polar surface area (TPSA) is 53.0 Å². The summed E-state index contributed by atoms with van der Waals surface area (Å²) in [7, 11) is -2.50. The molecule has 84 valence electrons. The van der Waals surface area contributed by atoms with Gasteiger partial charge in [0.2, 0.25) is 0 Å². The van der Waals surface area contributed by atoms with E-state index in [1.165, 1.54) is 32.1 Å². The van der Waals surface area contributed by atoms with Crippen molar-refractivity contribution < 1.29 is 4.21 Å². The molecule has 4 heteroatoms. The largest absolute Gasteiger partial charge is 0.240 e. The van der Waals surface area contributed by atoms with Gasteiger partial charge < -0.3 is 0 Å². The molecule has 0 aromatic rings. The van der Waals surface area contributed by atoms with Gasteiger partial charge in [-0.3, -0.25) is 0 Å². The van der Waals surface area contributed by atoms with Crippen LogP contribution in [0.15, 0.2) is 0 Å². The quantitative estimate of drug-likeness (QED) is 0.752. The van der Waals surface area contributed by atoms with Crippen LogP contribution in [0.5, 0.6) is 0 Å². The molecule has 0 saturated heterocycles. The third kappa shape index (κ3) is 4.42. The Morgan fingerprint density at radius 1 is 1.21 bits per heavy atom. The van der Waals surface area contributed by atoms with Crippen molar-refractivity contribution in [3.8, 4) is 0 Å². The van der Waals surface area contributed by atoms with Crippen LogP contribution in [0.25, 0.3) is 0 Å². The van der Waals surface area contributed by atoms with Crippen molar-refractivity contribution in [2.45, 2.75) is 57.9 Å². The minimum Gasteiger partial charge on any atom is -0.240 e. The number of rotatable bonds is 3. The Hall–Kier alpha value is -0.0900. The van der Waals surface area contributed by atoms with Crippen molar-refractivity contribution >= 4 is 9.92 Å². The van der Waals surface area contributed by atoms with Gasteiger partial charge in [0.15, 0.2) is 0 Å². The summed E-state index contributed by atoms with van der Waals surface area (Å²) in [4.78, 5) is 0. The highest BCUT2D eigenvalue weighted by atomic mass is 32.2. The minimum absolute atomic E-state index is 0.320. The van der Waals surface area contributed by atoms with Gasteiger partial charge in [0, 0.05) is 11.8 Å². The van der Waals surface area contributed by atoms with Crippen LogP contribution in [-0.4, -0.2) is 16.0 Å². The van der Waals surface area contributed by atoms with Crippen LogP contribution in [0.4, 0.5) is 0 Å². The van der Waals surface area contributed by atoms with E-state index in [-0.39, 0.29) is 0 Å². The lowest BCUT2D eigenvalue weighted by Crippen LogP contribution is -2.35. The van der Waals surface area contributed by atoms with Gasteiger partial charge in [0.05, 0.1) is 0 Å². The van der Waals surface area contributed by atoms with Gasteiger partial charge in [-0.2, -0.15) is 0 Å². The zero-order valence-corrected chi connectivity index (χ0v) is 9.87. The number of hydrogen-bond acceptors (Lipinski definition) is 2. The SMILES string of the molecule is CCS(=N)(=O)NC1CCCCCCC1. The zero-order valence-electron chi connectivity index (χ0n) is 9.05. The standard InChI is InChI=1S/C10H22N2OS/c1-2-14(11,13)12-10-8-6-4-3-5-7-9-10/h10H,2-9H2,1H3,(H2,11,12,13). The molecule has 1 aliphatic rings. The van der Waals surface area contributed by atoms with Crippen LogP contribution < -0.4 is 4.72 Å². The van der Waals surface area contributed by atoms with E-state index in [1.807, 2.05) is 6.92 Å². The van der Waals surface area contributed by atoms with Gasteiger partial charge in [-0.25, -0.2) is 13.7 Å². The van der Waals surface area contributed by atoms with E-state index in [9.17, 15) is 4.21 Å². The van der Waals surface area contributed by atoms with Crippen molar-refractivity contribution in [2.24, 2.45) is 0 Å². The lowest BCUT2D eigenvalue weighted by atomic mass is 9.97. The van der Waals surface area contributed by atoms with E-state index < -0.39 is 9.92 Å². The molecule has 0 amide bonds. The van der Waals surface area contributed by atoms with Crippen LogP contribution in [0.1, 0.15) is 51.9 Å². The molecule has 1 atom stereocenters. The van der Waals surface area contributed by atoms with Crippen LogP contribution >= 0.6 is 0 Å². The fourth-order valence-corrected chi connectivity index (χ4v) is 2.87. The highest BCUT2D eigenvalue weighted by molar-refractivity contribution is 7.90. The van der Waals surface area contributed by atoms with Gasteiger partial charge in [-0.15, -0.1) is 0 Å². The van der Waals surface area contributed by atoms with E-state index in [4.69, 9.17) is 4.78 Å². The van der Waals surface area contributed by atoms with Gasteiger partial charge in [-0.05, 0) is 12.8 Å². The zero-order chi connectivity index (χ0) is 10.4. The Bertz CT molecular complexity index is 241. The molecule has 1 fully saturated rings. The summed E-state index contributed by atoms with van der Waals surface area (Å²) < 4.78 is 22.1. The molecule has 1 aliphatic carbocycles. The van der Waals surface area contributed by atoms with Crippen molar-refractivity contribution in [3.05, 3.63) is 0 Å². The first-order valence-corrected chi connectivity index (χ1v) is 7.40. The van der Waals surface area contributed by atoms with Crippen LogP contribution in [-0.2, 0) is 9.92 Å². The van der Waals surface area contributed by atoms with Crippen LogP contribution in [0, 0.1) is 4.78 Å². The molecule has 1 rings (SSSR count). The van der Waals surface area contributed by atoms with E-state index in [2.05, 4.69) is 4.72 Å². The van der Waals surface area contributed by atoms with Crippen molar-refractivity contribution in [1.82, 2.24) is 4.72 Å². The molecular weight excluding hydrogens is 196 g/mol. The molecule has 0 aromatic carbocycles. The summed E-state index contributed by atoms with van der Waals surface area (Å²) in [5.41, 5.74) is 0. The maximum atomic E-state index is 11.6. The molecule has 0 spiro atoms. The Morgan fingerprint density at radius 3 is 2.21 bits per heavy atom. The summed E-state index contributed by atoms with van der Waals surface area (Å²) in [6.45, 7) is 1.81. The molecule has 0 radical (unpaired) electrons. The van der Waals surface area contributed by atoms with Crippen molar-refractivity contribution in [1.29, 1.82) is 4.78 Å². The van der Waals surface area contributed by atoms with Crippen LogP contribution in [0.3, 0.4) is 0 Å². The summed E-state index contributed by atoms with van der Waals surface area (Å²) in [6, 6.07) is 0.320. The molecule has 0 bridgehead atoms. The Kier molecular flexibility index (Phi) is 4.89. The fourth-order valence-electron chi connectivity index (χ4n) is 1.93. The molecule has 0 aliphatic heterocycles. The normalized spacial score (nSPS) is 24.9. The number of hydrogen-bond donors (Lipinski definition) is 2. The van der Waals surface area contributed by atoms with E-state index in [0.29, 0.717) is 11.8 Å². The lowest BCUT2D eigenvalue weighted by Gasteiger charge is -2.21. The van der Waals surface area contributed by atoms with E-state index in [1.54, 1.807) is 0 Å². The monoisotopic (exact) mass is 218 g/mol. The Balaban J connectivity index is 2.41. The molecular formula is C10H22N2OS. The maximum absolute atomic E-state index is 11.6. The van der Waals surface area contributed by atoms with Gasteiger partial charge in [-0.1, -0.05) is 39.0 Å².